The molecule has 1 saturated heterocycles. The van der Waals surface area contributed by atoms with Crippen molar-refractivity contribution in [3.63, 3.8) is 0 Å². The number of piperazine rings is 1. The van der Waals surface area contributed by atoms with Crippen molar-refractivity contribution in [3.8, 4) is 0 Å². The van der Waals surface area contributed by atoms with Crippen molar-refractivity contribution in [2.45, 2.75) is 12.6 Å². The molecule has 1 unspecified atom stereocenters. The molecule has 1 N–H and O–H groups in total. The van der Waals surface area contributed by atoms with E-state index in [4.69, 9.17) is 11.6 Å². The van der Waals surface area contributed by atoms with Gasteiger partial charge in [-0.15, -0.1) is 12.4 Å². The maximum Gasteiger partial charge on any atom is 0.127 e. The Labute approximate surface area is 136 Å². The van der Waals surface area contributed by atoms with Gasteiger partial charge in [-0.25, -0.2) is 4.98 Å². The van der Waals surface area contributed by atoms with Crippen LogP contribution in [-0.2, 0) is 13.6 Å². The Hall–Kier alpha value is -1.07. The van der Waals surface area contributed by atoms with Gasteiger partial charge >= 0.3 is 0 Å². The molecule has 1 fully saturated rings. The molecule has 0 amide bonds. The largest absolute Gasteiger partial charge is 0.337 e. The van der Waals surface area contributed by atoms with Crippen LogP contribution < -0.4 is 5.32 Å². The third-order valence-corrected chi connectivity index (χ3v) is 4.21. The third kappa shape index (κ3) is 3.58. The maximum absolute atomic E-state index is 6.28. The van der Waals surface area contributed by atoms with Gasteiger partial charge in [0.1, 0.15) is 5.82 Å². The molecule has 1 aromatic carbocycles. The number of imidazole rings is 1. The van der Waals surface area contributed by atoms with E-state index in [1.54, 1.807) is 0 Å². The fraction of sp³-hybridized carbons (Fsp3) is 0.400. The number of benzene rings is 1. The average molecular weight is 327 g/mol. The Kier molecular flexibility index (Phi) is 5.65. The topological polar surface area (TPSA) is 33.1 Å². The molecule has 0 radical (unpaired) electrons. The van der Waals surface area contributed by atoms with Gasteiger partial charge in [0, 0.05) is 50.6 Å². The van der Waals surface area contributed by atoms with Gasteiger partial charge in [0.15, 0.2) is 0 Å². The van der Waals surface area contributed by atoms with E-state index in [1.807, 2.05) is 37.6 Å². The van der Waals surface area contributed by atoms with Crippen molar-refractivity contribution < 1.29 is 0 Å². The van der Waals surface area contributed by atoms with E-state index in [0.717, 1.165) is 37.0 Å². The lowest BCUT2D eigenvalue weighted by atomic mass is 10.1. The Bertz CT molecular complexity index is 585. The van der Waals surface area contributed by atoms with E-state index < -0.39 is 0 Å². The summed E-state index contributed by atoms with van der Waals surface area (Å²) in [5.74, 6) is 1.10. The van der Waals surface area contributed by atoms with Crippen LogP contribution in [0.2, 0.25) is 5.02 Å². The highest BCUT2D eigenvalue weighted by atomic mass is 35.5. The van der Waals surface area contributed by atoms with Crippen LogP contribution >= 0.6 is 24.0 Å². The smallest absolute Gasteiger partial charge is 0.127 e. The highest BCUT2D eigenvalue weighted by Gasteiger charge is 2.26. The first-order valence-corrected chi connectivity index (χ1v) is 7.29. The second-order valence-electron chi connectivity index (χ2n) is 5.18. The average Bonchev–Trinajstić information content (AvgIpc) is 2.88. The Balaban J connectivity index is 0.00000161. The van der Waals surface area contributed by atoms with Crippen LogP contribution in [0.15, 0.2) is 36.7 Å². The zero-order valence-corrected chi connectivity index (χ0v) is 13.6. The van der Waals surface area contributed by atoms with Gasteiger partial charge in [0.05, 0.1) is 6.04 Å². The lowest BCUT2D eigenvalue weighted by Crippen LogP contribution is -2.46. The molecule has 2 aromatic rings. The minimum atomic E-state index is 0. The lowest BCUT2D eigenvalue weighted by molar-refractivity contribution is 0.145. The Morgan fingerprint density at radius 3 is 2.90 bits per heavy atom. The number of halogens is 2. The molecule has 1 atom stereocenters. The number of nitrogens with zero attached hydrogens (tertiary/aromatic N) is 3. The molecule has 4 nitrogen and oxygen atoms in total. The van der Waals surface area contributed by atoms with Crippen LogP contribution in [0.25, 0.3) is 0 Å². The SMILES string of the molecule is Cl.Cn1ccnc1C1CNCCN1Cc1ccccc1Cl. The Morgan fingerprint density at radius 2 is 2.19 bits per heavy atom. The zero-order valence-electron chi connectivity index (χ0n) is 12.0. The lowest BCUT2D eigenvalue weighted by Gasteiger charge is -2.35. The molecule has 2 heterocycles. The van der Waals surface area contributed by atoms with Crippen LogP contribution in [-0.4, -0.2) is 34.1 Å². The molecule has 1 aliphatic rings. The first kappa shape index (κ1) is 16.3. The first-order valence-electron chi connectivity index (χ1n) is 6.91. The summed E-state index contributed by atoms with van der Waals surface area (Å²) in [6.45, 7) is 3.79. The van der Waals surface area contributed by atoms with Crippen LogP contribution in [0.1, 0.15) is 17.4 Å². The summed E-state index contributed by atoms with van der Waals surface area (Å²) in [5.41, 5.74) is 1.18. The van der Waals surface area contributed by atoms with Gasteiger partial charge in [-0.05, 0) is 11.6 Å². The standard InChI is InChI=1S/C15H19ClN4.ClH/c1-19-8-7-18-15(19)14-10-17-6-9-20(14)11-12-4-2-3-5-13(12)16;/h2-5,7-8,14,17H,6,9-11H2,1H3;1H. The van der Waals surface area contributed by atoms with Crippen molar-refractivity contribution in [1.29, 1.82) is 0 Å². The molecule has 21 heavy (non-hydrogen) atoms. The van der Waals surface area contributed by atoms with Gasteiger partial charge in [0.2, 0.25) is 0 Å². The second kappa shape index (κ2) is 7.27. The number of hydrogen-bond acceptors (Lipinski definition) is 3. The maximum atomic E-state index is 6.28. The van der Waals surface area contributed by atoms with Crippen molar-refractivity contribution in [2.75, 3.05) is 19.6 Å². The molecule has 0 spiro atoms. The van der Waals surface area contributed by atoms with Gasteiger partial charge in [-0.2, -0.15) is 0 Å². The van der Waals surface area contributed by atoms with E-state index >= 15 is 0 Å². The summed E-state index contributed by atoms with van der Waals surface area (Å²) in [4.78, 5) is 6.95. The summed E-state index contributed by atoms with van der Waals surface area (Å²) in [7, 11) is 2.05. The van der Waals surface area contributed by atoms with Crippen molar-refractivity contribution in [1.82, 2.24) is 19.8 Å². The number of nitrogens with one attached hydrogen (secondary N) is 1. The molecule has 0 aliphatic carbocycles. The van der Waals surface area contributed by atoms with Gasteiger partial charge in [0.25, 0.3) is 0 Å². The summed E-state index contributed by atoms with van der Waals surface area (Å²) in [6.07, 6.45) is 3.86. The van der Waals surface area contributed by atoms with Crippen LogP contribution in [0, 0.1) is 0 Å². The van der Waals surface area contributed by atoms with Gasteiger partial charge < -0.3 is 9.88 Å². The Morgan fingerprint density at radius 1 is 1.38 bits per heavy atom. The number of aromatic nitrogens is 2. The molecule has 6 heteroatoms. The van der Waals surface area contributed by atoms with Crippen molar-refractivity contribution in [3.05, 3.63) is 53.1 Å². The molecular formula is C15H20Cl2N4. The predicted octanol–water partition coefficient (Wildman–Crippen LogP) is 2.64. The highest BCUT2D eigenvalue weighted by Crippen LogP contribution is 2.25. The molecule has 0 bridgehead atoms. The van der Waals surface area contributed by atoms with Crippen LogP contribution in [0.3, 0.4) is 0 Å². The molecule has 114 valence electrons. The van der Waals surface area contributed by atoms with E-state index in [1.165, 1.54) is 5.56 Å². The number of hydrogen-bond donors (Lipinski definition) is 1. The van der Waals surface area contributed by atoms with Gasteiger partial charge in [-0.3, -0.25) is 4.90 Å². The second-order valence-corrected chi connectivity index (χ2v) is 5.59. The van der Waals surface area contributed by atoms with E-state index in [-0.39, 0.29) is 12.4 Å². The molecular weight excluding hydrogens is 307 g/mol. The number of aryl methyl sites for hydroxylation is 1. The van der Waals surface area contributed by atoms with E-state index in [2.05, 4.69) is 25.8 Å². The van der Waals surface area contributed by atoms with Gasteiger partial charge in [-0.1, -0.05) is 29.8 Å². The first-order chi connectivity index (χ1) is 9.75. The summed E-state index contributed by atoms with van der Waals surface area (Å²) in [5, 5.41) is 4.29. The van der Waals surface area contributed by atoms with Crippen LogP contribution in [0.4, 0.5) is 0 Å². The zero-order chi connectivity index (χ0) is 13.9. The normalized spacial score (nSPS) is 19.2. The molecule has 0 saturated carbocycles. The third-order valence-electron chi connectivity index (χ3n) is 3.84. The monoisotopic (exact) mass is 326 g/mol. The van der Waals surface area contributed by atoms with E-state index in [9.17, 15) is 0 Å². The number of rotatable bonds is 3. The van der Waals surface area contributed by atoms with Crippen molar-refractivity contribution >= 4 is 24.0 Å². The van der Waals surface area contributed by atoms with E-state index in [0.29, 0.717) is 6.04 Å². The quantitative estimate of drug-likeness (QED) is 0.941. The van der Waals surface area contributed by atoms with Crippen LogP contribution in [0.5, 0.6) is 0 Å². The predicted molar refractivity (Wildman–Crippen MR) is 87.9 cm³/mol. The van der Waals surface area contributed by atoms with Crippen molar-refractivity contribution in [2.24, 2.45) is 7.05 Å². The fourth-order valence-electron chi connectivity index (χ4n) is 2.73. The fourth-order valence-corrected chi connectivity index (χ4v) is 2.93. The molecule has 3 rings (SSSR count). The summed E-state index contributed by atoms with van der Waals surface area (Å²) >= 11 is 6.28. The minimum absolute atomic E-state index is 0. The summed E-state index contributed by atoms with van der Waals surface area (Å²) in [6, 6.07) is 8.35. The molecule has 1 aliphatic heterocycles. The minimum Gasteiger partial charge on any atom is -0.337 e. The highest BCUT2D eigenvalue weighted by molar-refractivity contribution is 6.31. The molecule has 1 aromatic heterocycles. The summed E-state index contributed by atoms with van der Waals surface area (Å²) < 4.78 is 2.09.